The number of thiol groups is 1. The van der Waals surface area contributed by atoms with Gasteiger partial charge < -0.3 is 27.5 Å². The third-order valence-electron chi connectivity index (χ3n) is 3.19. The van der Waals surface area contributed by atoms with Crippen LogP contribution in [0.3, 0.4) is 0 Å². The van der Waals surface area contributed by atoms with Crippen LogP contribution in [-0.2, 0) is 4.79 Å². The van der Waals surface area contributed by atoms with E-state index in [4.69, 9.17) is 16.9 Å². The van der Waals surface area contributed by atoms with Crippen LogP contribution >= 0.6 is 12.6 Å². The molecule has 0 aromatic carbocycles. The van der Waals surface area contributed by atoms with E-state index in [9.17, 15) is 9.59 Å². The highest BCUT2D eigenvalue weighted by Gasteiger charge is 2.49. The first-order valence-corrected chi connectivity index (χ1v) is 7.16. The highest BCUT2D eigenvalue weighted by Crippen LogP contribution is 2.38. The fourth-order valence-electron chi connectivity index (χ4n) is 1.88. The Morgan fingerprint density at radius 2 is 2.09 bits per heavy atom. The molecule has 1 aliphatic rings. The zero-order valence-corrected chi connectivity index (χ0v) is 13.3. The van der Waals surface area contributed by atoms with Crippen LogP contribution in [0.5, 0.6) is 0 Å². The van der Waals surface area contributed by atoms with Crippen molar-refractivity contribution in [2.24, 2.45) is 11.5 Å². The summed E-state index contributed by atoms with van der Waals surface area (Å²) in [7, 11) is 0. The summed E-state index contributed by atoms with van der Waals surface area (Å²) in [5.41, 5.74) is 9.98. The van der Waals surface area contributed by atoms with E-state index in [0.29, 0.717) is 17.9 Å². The first kappa shape index (κ1) is 16.7. The minimum Gasteiger partial charge on any atom is -0.368 e. The topological polar surface area (TPSA) is 160 Å². The van der Waals surface area contributed by atoms with Gasteiger partial charge >= 0.3 is 0 Å². The van der Waals surface area contributed by atoms with Crippen LogP contribution in [0, 0.1) is 5.41 Å². The fourth-order valence-corrected chi connectivity index (χ4v) is 2.18. The first-order valence-electron chi connectivity index (χ1n) is 6.71. The molecular formula is C13H17N7O2S. The number of hydrogen-bond acceptors (Lipinski definition) is 8. The molecule has 2 amide bonds. The van der Waals surface area contributed by atoms with E-state index >= 15 is 0 Å². The molecule has 10 heteroatoms. The molecule has 23 heavy (non-hydrogen) atoms. The number of hydrogen-bond donors (Lipinski definition) is 6. The molecule has 2 rings (SSSR count). The Kier molecular flexibility index (Phi) is 4.55. The molecule has 0 unspecified atom stereocenters. The lowest BCUT2D eigenvalue weighted by Crippen LogP contribution is -2.38. The van der Waals surface area contributed by atoms with Crippen LogP contribution in [0.4, 0.5) is 11.6 Å². The number of amides is 2. The summed E-state index contributed by atoms with van der Waals surface area (Å²) >= 11 is 4.16. The number of primary amides is 2. The van der Waals surface area contributed by atoms with Crippen molar-refractivity contribution in [1.82, 2.24) is 9.97 Å². The summed E-state index contributed by atoms with van der Waals surface area (Å²) in [6, 6.07) is 0. The maximum atomic E-state index is 11.4. The second-order valence-electron chi connectivity index (χ2n) is 5.23. The number of carbonyl (C=O) groups excluding carboxylic acids is 2. The minimum absolute atomic E-state index is 0.0743. The van der Waals surface area contributed by atoms with E-state index < -0.39 is 17.4 Å². The van der Waals surface area contributed by atoms with Crippen molar-refractivity contribution < 1.29 is 9.59 Å². The van der Waals surface area contributed by atoms with E-state index in [1.807, 2.05) is 0 Å². The van der Waals surface area contributed by atoms with Crippen molar-refractivity contribution >= 4 is 41.8 Å². The van der Waals surface area contributed by atoms with Crippen LogP contribution in [-0.4, -0.2) is 33.0 Å². The molecule has 0 bridgehead atoms. The number of nitrogens with two attached hydrogens (primary N) is 2. The lowest BCUT2D eigenvalue weighted by molar-refractivity contribution is -0.119. The molecule has 7 N–H and O–H groups in total. The summed E-state index contributed by atoms with van der Waals surface area (Å²) in [4.78, 5) is 31.0. The Labute approximate surface area is 137 Å². The Hall–Kier alpha value is -2.62. The largest absolute Gasteiger partial charge is 0.368 e. The Morgan fingerprint density at radius 1 is 1.43 bits per heavy atom. The second kappa shape index (κ2) is 6.24. The van der Waals surface area contributed by atoms with Gasteiger partial charge in [0.1, 0.15) is 11.4 Å². The summed E-state index contributed by atoms with van der Waals surface area (Å²) in [6.45, 7) is 1.57. The van der Waals surface area contributed by atoms with Gasteiger partial charge in [-0.1, -0.05) is 0 Å². The van der Waals surface area contributed by atoms with E-state index in [-0.39, 0.29) is 23.0 Å². The zero-order valence-electron chi connectivity index (χ0n) is 12.4. The van der Waals surface area contributed by atoms with Crippen molar-refractivity contribution in [2.45, 2.75) is 25.3 Å². The molecule has 1 heterocycles. The predicted octanol–water partition coefficient (Wildman–Crippen LogP) is 0.228. The van der Waals surface area contributed by atoms with E-state index in [1.54, 1.807) is 6.92 Å². The maximum absolute atomic E-state index is 11.4. The quantitative estimate of drug-likeness (QED) is 0.309. The molecule has 122 valence electrons. The molecular weight excluding hydrogens is 318 g/mol. The van der Waals surface area contributed by atoms with Crippen molar-refractivity contribution in [2.75, 3.05) is 10.6 Å². The van der Waals surface area contributed by atoms with Gasteiger partial charge in [0, 0.05) is 5.71 Å². The van der Waals surface area contributed by atoms with Crippen molar-refractivity contribution in [1.29, 1.82) is 5.41 Å². The Balaban J connectivity index is 2.30. The van der Waals surface area contributed by atoms with Gasteiger partial charge in [-0.3, -0.25) is 9.59 Å². The standard InChI is InChI=1S/C13H17N7O2S/c1-6(14)4-8(23)19-11-9(10(15)21)17-5-7(18-11)20-13(2-3-13)12(16)22/h4-5,14,23H,2-3H2,1H3,(H2,15,21)(H2,16,22)(H2,18,19,20)/b8-4-,14-6?. The Morgan fingerprint density at radius 3 is 2.57 bits per heavy atom. The first-order chi connectivity index (χ1) is 10.7. The Bertz CT molecular complexity index is 712. The summed E-state index contributed by atoms with van der Waals surface area (Å²) < 4.78 is 0. The number of allylic oxidation sites excluding steroid dienone is 1. The molecule has 0 aliphatic heterocycles. The average molecular weight is 335 g/mol. The van der Waals surface area contributed by atoms with Gasteiger partial charge in [-0.15, -0.1) is 12.6 Å². The normalized spacial score (nSPS) is 15.7. The van der Waals surface area contributed by atoms with Crippen LogP contribution in [0.25, 0.3) is 0 Å². The van der Waals surface area contributed by atoms with Gasteiger partial charge in [-0.2, -0.15) is 0 Å². The fraction of sp³-hybridized carbons (Fsp3) is 0.308. The van der Waals surface area contributed by atoms with Gasteiger partial charge in [-0.25, -0.2) is 9.97 Å². The van der Waals surface area contributed by atoms with Crippen LogP contribution in [0.2, 0.25) is 0 Å². The number of nitrogens with one attached hydrogen (secondary N) is 3. The molecule has 1 fully saturated rings. The summed E-state index contributed by atoms with van der Waals surface area (Å²) in [6.07, 6.45) is 3.95. The van der Waals surface area contributed by atoms with Crippen LogP contribution in [0.1, 0.15) is 30.3 Å². The monoisotopic (exact) mass is 335 g/mol. The molecule has 1 saturated carbocycles. The van der Waals surface area contributed by atoms with Gasteiger partial charge in [0.2, 0.25) is 5.91 Å². The van der Waals surface area contributed by atoms with Crippen molar-refractivity contribution in [3.63, 3.8) is 0 Å². The highest BCUT2D eigenvalue weighted by atomic mass is 32.1. The zero-order chi connectivity index (χ0) is 17.2. The molecule has 0 radical (unpaired) electrons. The molecule has 0 spiro atoms. The number of aromatic nitrogens is 2. The molecule has 9 nitrogen and oxygen atoms in total. The molecule has 0 atom stereocenters. The molecule has 0 saturated heterocycles. The highest BCUT2D eigenvalue weighted by molar-refractivity contribution is 7.84. The average Bonchev–Trinajstić information content (AvgIpc) is 3.18. The molecule has 1 aromatic rings. The number of carbonyl (C=O) groups is 2. The van der Waals surface area contributed by atoms with E-state index in [0.717, 1.165) is 0 Å². The van der Waals surface area contributed by atoms with Gasteiger partial charge in [0.05, 0.1) is 11.2 Å². The third kappa shape index (κ3) is 3.97. The number of rotatable bonds is 7. The molecule has 1 aromatic heterocycles. The maximum Gasteiger partial charge on any atom is 0.271 e. The predicted molar refractivity (Wildman–Crippen MR) is 89.4 cm³/mol. The van der Waals surface area contributed by atoms with Gasteiger partial charge in [0.25, 0.3) is 5.91 Å². The minimum atomic E-state index is -0.814. The third-order valence-corrected chi connectivity index (χ3v) is 3.44. The SMILES string of the molecule is CC(=N)/C=C(\S)Nc1nc(NC2(C(N)=O)CC2)cnc1C(N)=O. The number of nitrogens with zero attached hydrogens (tertiary/aromatic N) is 2. The lowest BCUT2D eigenvalue weighted by Gasteiger charge is -2.16. The molecule has 1 aliphatic carbocycles. The number of anilines is 2. The van der Waals surface area contributed by atoms with Gasteiger partial charge in [-0.05, 0) is 25.8 Å². The second-order valence-corrected chi connectivity index (χ2v) is 5.71. The van der Waals surface area contributed by atoms with E-state index in [1.165, 1.54) is 12.3 Å². The smallest absolute Gasteiger partial charge is 0.271 e. The summed E-state index contributed by atoms with van der Waals surface area (Å²) in [5.74, 6) is -0.885. The summed E-state index contributed by atoms with van der Waals surface area (Å²) in [5, 5.41) is 13.4. The van der Waals surface area contributed by atoms with Crippen LogP contribution in [0.15, 0.2) is 17.3 Å². The van der Waals surface area contributed by atoms with Gasteiger partial charge in [0.15, 0.2) is 11.5 Å². The lowest BCUT2D eigenvalue weighted by atomic mass is 10.2. The van der Waals surface area contributed by atoms with Crippen molar-refractivity contribution in [3.8, 4) is 0 Å². The van der Waals surface area contributed by atoms with Crippen LogP contribution < -0.4 is 22.1 Å². The van der Waals surface area contributed by atoms with E-state index in [2.05, 4.69) is 33.2 Å². The van der Waals surface area contributed by atoms with Crippen molar-refractivity contribution in [3.05, 3.63) is 23.0 Å².